The van der Waals surface area contributed by atoms with Gasteiger partial charge in [0.1, 0.15) is 5.75 Å². The summed E-state index contributed by atoms with van der Waals surface area (Å²) in [6.45, 7) is 4.01. The Morgan fingerprint density at radius 3 is 2.64 bits per heavy atom. The van der Waals surface area contributed by atoms with Crippen molar-refractivity contribution in [3.63, 3.8) is 0 Å². The standard InChI is InChI=1S/C20H20N2O5S/c1-3-25-16-11-7-5-9-14(16)19-21-18(27-22-19)13-26-20(23)15-10-6-8-12-17(15)28(24)4-2/h5-12H,3-4,13H2,1-2H3. The third-order valence-electron chi connectivity index (χ3n) is 3.84. The fourth-order valence-electron chi connectivity index (χ4n) is 2.55. The molecule has 0 aliphatic rings. The molecule has 0 radical (unpaired) electrons. The van der Waals surface area contributed by atoms with E-state index in [9.17, 15) is 9.00 Å². The zero-order chi connectivity index (χ0) is 19.9. The summed E-state index contributed by atoms with van der Waals surface area (Å²) in [5.74, 6) is 0.972. The van der Waals surface area contributed by atoms with Crippen molar-refractivity contribution in [2.45, 2.75) is 25.3 Å². The molecule has 1 heterocycles. The number of hydrogen-bond acceptors (Lipinski definition) is 7. The van der Waals surface area contributed by atoms with Crippen molar-refractivity contribution in [2.75, 3.05) is 12.4 Å². The van der Waals surface area contributed by atoms with Crippen molar-refractivity contribution >= 4 is 16.8 Å². The molecule has 28 heavy (non-hydrogen) atoms. The highest BCUT2D eigenvalue weighted by Gasteiger charge is 2.18. The summed E-state index contributed by atoms with van der Waals surface area (Å²) in [4.78, 5) is 17.1. The first kappa shape index (κ1) is 19.8. The monoisotopic (exact) mass is 400 g/mol. The molecule has 0 saturated heterocycles. The maximum absolute atomic E-state index is 12.4. The second-order valence-corrected chi connectivity index (χ2v) is 7.36. The summed E-state index contributed by atoms with van der Waals surface area (Å²) in [5, 5.41) is 3.93. The molecule has 0 N–H and O–H groups in total. The quantitative estimate of drug-likeness (QED) is 0.533. The first-order valence-corrected chi connectivity index (χ1v) is 10.1. The van der Waals surface area contributed by atoms with Gasteiger partial charge in [0.05, 0.1) is 33.4 Å². The van der Waals surface area contributed by atoms with Crippen molar-refractivity contribution in [3.8, 4) is 17.1 Å². The number of hydrogen-bond donors (Lipinski definition) is 0. The molecule has 7 nitrogen and oxygen atoms in total. The van der Waals surface area contributed by atoms with Crippen LogP contribution in [0.3, 0.4) is 0 Å². The summed E-state index contributed by atoms with van der Waals surface area (Å²) in [7, 11) is -1.26. The van der Waals surface area contributed by atoms with Crippen LogP contribution in [-0.2, 0) is 22.1 Å². The fraction of sp³-hybridized carbons (Fsp3) is 0.250. The van der Waals surface area contributed by atoms with E-state index in [0.717, 1.165) is 0 Å². The van der Waals surface area contributed by atoms with Gasteiger partial charge in [0.25, 0.3) is 5.89 Å². The molecule has 3 aromatic rings. The minimum atomic E-state index is -1.26. The van der Waals surface area contributed by atoms with E-state index in [1.54, 1.807) is 31.2 Å². The van der Waals surface area contributed by atoms with E-state index in [-0.39, 0.29) is 18.1 Å². The number of carbonyl (C=O) groups is 1. The van der Waals surface area contributed by atoms with Crippen molar-refractivity contribution in [3.05, 3.63) is 60.0 Å². The topological polar surface area (TPSA) is 91.5 Å². The predicted octanol–water partition coefficient (Wildman–Crippen LogP) is 3.62. The second-order valence-electron chi connectivity index (χ2n) is 5.65. The number of ether oxygens (including phenoxy) is 2. The van der Waals surface area contributed by atoms with Gasteiger partial charge in [-0.25, -0.2) is 4.79 Å². The predicted molar refractivity (Wildman–Crippen MR) is 103 cm³/mol. The Labute approximate surface area is 165 Å². The molecule has 8 heteroatoms. The molecule has 3 rings (SSSR count). The molecule has 0 aliphatic heterocycles. The molecule has 1 atom stereocenters. The number of para-hydroxylation sites is 1. The number of aromatic nitrogens is 2. The van der Waals surface area contributed by atoms with E-state index in [1.807, 2.05) is 31.2 Å². The third-order valence-corrected chi connectivity index (χ3v) is 5.21. The average molecular weight is 400 g/mol. The highest BCUT2D eigenvalue weighted by atomic mass is 32.2. The summed E-state index contributed by atoms with van der Waals surface area (Å²) < 4.78 is 28.1. The molecular weight excluding hydrogens is 380 g/mol. The fourth-order valence-corrected chi connectivity index (χ4v) is 3.49. The highest BCUT2D eigenvalue weighted by Crippen LogP contribution is 2.27. The van der Waals surface area contributed by atoms with Gasteiger partial charge in [-0.3, -0.25) is 4.21 Å². The van der Waals surface area contributed by atoms with Gasteiger partial charge < -0.3 is 14.0 Å². The highest BCUT2D eigenvalue weighted by molar-refractivity contribution is 7.85. The third kappa shape index (κ3) is 4.45. The summed E-state index contributed by atoms with van der Waals surface area (Å²) in [6.07, 6.45) is 0. The molecule has 146 valence electrons. The lowest BCUT2D eigenvalue weighted by atomic mass is 10.2. The molecule has 0 amide bonds. The summed E-state index contributed by atoms with van der Waals surface area (Å²) >= 11 is 0. The zero-order valence-corrected chi connectivity index (χ0v) is 16.4. The SMILES string of the molecule is CCOc1ccccc1-c1noc(COC(=O)c2ccccc2S(=O)CC)n1. The average Bonchev–Trinajstić information content (AvgIpc) is 3.21. The van der Waals surface area contributed by atoms with E-state index in [4.69, 9.17) is 14.0 Å². The second kappa shape index (κ2) is 9.27. The zero-order valence-electron chi connectivity index (χ0n) is 15.6. The Balaban J connectivity index is 1.72. The van der Waals surface area contributed by atoms with Crippen LogP contribution in [0.5, 0.6) is 5.75 Å². The minimum Gasteiger partial charge on any atom is -0.493 e. The first-order chi connectivity index (χ1) is 13.6. The molecule has 0 bridgehead atoms. The number of nitrogens with zero attached hydrogens (tertiary/aromatic N) is 2. The smallest absolute Gasteiger partial charge is 0.339 e. The largest absolute Gasteiger partial charge is 0.493 e. The van der Waals surface area contributed by atoms with Crippen molar-refractivity contribution < 1.29 is 23.0 Å². The Morgan fingerprint density at radius 1 is 1.11 bits per heavy atom. The summed E-state index contributed by atoms with van der Waals surface area (Å²) in [5.41, 5.74) is 0.957. The van der Waals surface area contributed by atoms with E-state index in [1.165, 1.54) is 0 Å². The molecule has 2 aromatic carbocycles. The van der Waals surface area contributed by atoms with Crippen molar-refractivity contribution in [2.24, 2.45) is 0 Å². The number of benzene rings is 2. The molecule has 0 spiro atoms. The number of esters is 1. The van der Waals surface area contributed by atoms with Gasteiger partial charge >= 0.3 is 5.97 Å². The Bertz CT molecular complexity index is 986. The van der Waals surface area contributed by atoms with E-state index < -0.39 is 16.8 Å². The first-order valence-electron chi connectivity index (χ1n) is 8.83. The van der Waals surface area contributed by atoms with Crippen LogP contribution in [0.4, 0.5) is 0 Å². The van der Waals surface area contributed by atoms with Gasteiger partial charge in [-0.1, -0.05) is 36.3 Å². The molecule has 0 saturated carbocycles. The Morgan fingerprint density at radius 2 is 1.86 bits per heavy atom. The van der Waals surface area contributed by atoms with Crippen LogP contribution < -0.4 is 4.74 Å². The van der Waals surface area contributed by atoms with Crippen LogP contribution in [0.15, 0.2) is 57.9 Å². The van der Waals surface area contributed by atoms with Crippen LogP contribution in [0.1, 0.15) is 30.1 Å². The van der Waals surface area contributed by atoms with Gasteiger partial charge in [0.15, 0.2) is 6.61 Å². The maximum Gasteiger partial charge on any atom is 0.339 e. The molecule has 1 unspecified atom stereocenters. The molecular formula is C20H20N2O5S. The van der Waals surface area contributed by atoms with Gasteiger partial charge in [-0.15, -0.1) is 0 Å². The lowest BCUT2D eigenvalue weighted by molar-refractivity contribution is 0.0425. The Hall–Kier alpha value is -3.00. The minimum absolute atomic E-state index is 0.156. The van der Waals surface area contributed by atoms with Gasteiger partial charge in [-0.05, 0) is 31.2 Å². The van der Waals surface area contributed by atoms with Crippen LogP contribution in [0.25, 0.3) is 11.4 Å². The van der Waals surface area contributed by atoms with Gasteiger partial charge in [0, 0.05) is 5.75 Å². The number of carbonyl (C=O) groups excluding carboxylic acids is 1. The molecule has 0 fully saturated rings. The van der Waals surface area contributed by atoms with Crippen LogP contribution in [-0.4, -0.2) is 32.7 Å². The Kier molecular flexibility index (Phi) is 6.54. The summed E-state index contributed by atoms with van der Waals surface area (Å²) in [6, 6.07) is 14.0. The van der Waals surface area contributed by atoms with Crippen LogP contribution in [0, 0.1) is 0 Å². The lowest BCUT2D eigenvalue weighted by Gasteiger charge is -2.07. The maximum atomic E-state index is 12.4. The van der Waals surface area contributed by atoms with Gasteiger partial charge in [0.2, 0.25) is 5.82 Å². The van der Waals surface area contributed by atoms with Crippen LogP contribution >= 0.6 is 0 Å². The van der Waals surface area contributed by atoms with Crippen molar-refractivity contribution in [1.29, 1.82) is 0 Å². The van der Waals surface area contributed by atoms with Crippen LogP contribution in [0.2, 0.25) is 0 Å². The van der Waals surface area contributed by atoms with E-state index >= 15 is 0 Å². The molecule has 1 aromatic heterocycles. The van der Waals surface area contributed by atoms with Crippen molar-refractivity contribution in [1.82, 2.24) is 10.1 Å². The number of rotatable bonds is 8. The van der Waals surface area contributed by atoms with E-state index in [2.05, 4.69) is 10.1 Å². The van der Waals surface area contributed by atoms with Gasteiger partial charge in [-0.2, -0.15) is 4.98 Å². The normalized spacial score (nSPS) is 11.8. The van der Waals surface area contributed by atoms with E-state index in [0.29, 0.717) is 34.4 Å². The lowest BCUT2D eigenvalue weighted by Crippen LogP contribution is -2.10. The molecule has 0 aliphatic carbocycles.